The first-order valence-electron chi connectivity index (χ1n) is 21.2. The molecule has 0 aromatic heterocycles. The van der Waals surface area contributed by atoms with Crippen LogP contribution in [-0.2, 0) is 39.7 Å². The third-order valence-electron chi connectivity index (χ3n) is 12.0. The van der Waals surface area contributed by atoms with Crippen LogP contribution in [0.15, 0.2) is 182 Å². The Bertz CT molecular complexity index is 2280. The summed E-state index contributed by atoms with van der Waals surface area (Å²) >= 11 is 0. The van der Waals surface area contributed by atoms with E-state index in [9.17, 15) is 0 Å². The van der Waals surface area contributed by atoms with Crippen LogP contribution in [0.4, 0.5) is 11.4 Å². The van der Waals surface area contributed by atoms with Gasteiger partial charge in [-0.1, -0.05) is 165 Å². The summed E-state index contributed by atoms with van der Waals surface area (Å²) in [5.41, 5.74) is 0.281. The van der Waals surface area contributed by atoms with Gasteiger partial charge in [-0.05, 0) is 51.5 Å². The maximum Gasteiger partial charge on any atom is 0.314 e. The Morgan fingerprint density at radius 3 is 1.39 bits per heavy atom. The highest BCUT2D eigenvalue weighted by Crippen LogP contribution is 2.55. The predicted octanol–water partition coefficient (Wildman–Crippen LogP) is 10.1. The molecule has 2 fully saturated rings. The summed E-state index contributed by atoms with van der Waals surface area (Å²) in [6, 6.07) is 59.0. The van der Waals surface area contributed by atoms with Crippen LogP contribution in [0.5, 0.6) is 0 Å². The number of benzene rings is 6. The van der Waals surface area contributed by atoms with Crippen LogP contribution in [-0.4, -0.2) is 49.6 Å². The standard InChI is InChI=1S/C53H54N2O6/c1-39-37-51(4,38-55(45-33-21-10-22-34-45)36-35-54-44-31-19-9-20-32-44)49(57)61-53(42-27-15-7-16-28-42,43-29-17-8-18-30-43)47-46(58-50(2,3)59-47)52(60-48(39)56,40-23-11-5-12-24-40)41-25-13-6-14-26-41/h5-34,39,46-47,54H,35-38H2,1-4H3/t39-,46+,47+,51+/m0/s1. The Kier molecular flexibility index (Phi) is 11.8. The van der Waals surface area contributed by atoms with Gasteiger partial charge in [0.1, 0.15) is 12.2 Å². The highest BCUT2D eigenvalue weighted by molar-refractivity contribution is 5.81. The number of para-hydroxylation sites is 2. The quantitative estimate of drug-likeness (QED) is 0.130. The molecule has 4 atom stereocenters. The Hall–Kier alpha value is -6.22. The molecule has 8 nitrogen and oxygen atoms in total. The normalized spacial score (nSPS) is 23.0. The molecule has 0 amide bonds. The van der Waals surface area contributed by atoms with Crippen molar-refractivity contribution in [2.45, 2.75) is 63.3 Å². The van der Waals surface area contributed by atoms with Crippen LogP contribution < -0.4 is 10.2 Å². The molecule has 8 heteroatoms. The van der Waals surface area contributed by atoms with Gasteiger partial charge in [0.2, 0.25) is 0 Å². The topological polar surface area (TPSA) is 86.3 Å². The van der Waals surface area contributed by atoms with Gasteiger partial charge in [0.25, 0.3) is 0 Å². The number of rotatable bonds is 11. The fourth-order valence-corrected chi connectivity index (χ4v) is 9.19. The van der Waals surface area contributed by atoms with Crippen molar-refractivity contribution in [3.05, 3.63) is 204 Å². The molecule has 6 aromatic rings. The maximum atomic E-state index is 15.9. The second kappa shape index (κ2) is 17.4. The Labute approximate surface area is 359 Å². The fourth-order valence-electron chi connectivity index (χ4n) is 9.19. The van der Waals surface area contributed by atoms with Crippen molar-refractivity contribution in [1.82, 2.24) is 0 Å². The molecule has 6 aromatic carbocycles. The van der Waals surface area contributed by atoms with Crippen molar-refractivity contribution in [3.8, 4) is 0 Å². The second-order valence-electron chi connectivity index (χ2n) is 16.9. The third-order valence-corrected chi connectivity index (χ3v) is 12.0. The Balaban J connectivity index is 1.35. The van der Waals surface area contributed by atoms with E-state index < -0.39 is 52.5 Å². The summed E-state index contributed by atoms with van der Waals surface area (Å²) in [4.78, 5) is 33.2. The lowest BCUT2D eigenvalue weighted by molar-refractivity contribution is -0.196. The smallest absolute Gasteiger partial charge is 0.314 e. The van der Waals surface area contributed by atoms with E-state index in [1.54, 1.807) is 0 Å². The summed E-state index contributed by atoms with van der Waals surface area (Å²) in [5.74, 6) is -2.91. The number of carbonyl (C=O) groups excluding carboxylic acids is 2. The van der Waals surface area contributed by atoms with Crippen molar-refractivity contribution in [2.75, 3.05) is 29.9 Å². The molecule has 1 N–H and O–H groups in total. The van der Waals surface area contributed by atoms with Gasteiger partial charge < -0.3 is 29.2 Å². The van der Waals surface area contributed by atoms with Crippen LogP contribution in [0.25, 0.3) is 0 Å². The van der Waals surface area contributed by atoms with Gasteiger partial charge in [-0.2, -0.15) is 0 Å². The molecule has 2 aliphatic rings. The number of anilines is 2. The molecule has 0 aliphatic carbocycles. The first-order valence-corrected chi connectivity index (χ1v) is 21.2. The highest BCUT2D eigenvalue weighted by atomic mass is 16.8. The summed E-state index contributed by atoms with van der Waals surface area (Å²) in [5, 5.41) is 3.54. The molecule has 2 heterocycles. The maximum absolute atomic E-state index is 15.9. The van der Waals surface area contributed by atoms with Crippen molar-refractivity contribution in [2.24, 2.45) is 11.3 Å². The van der Waals surface area contributed by atoms with Gasteiger partial charge in [0.15, 0.2) is 17.0 Å². The van der Waals surface area contributed by atoms with Gasteiger partial charge in [-0.3, -0.25) is 9.59 Å². The minimum atomic E-state index is -1.61. The summed E-state index contributed by atoms with van der Waals surface area (Å²) in [7, 11) is 0. The van der Waals surface area contributed by atoms with Gasteiger partial charge >= 0.3 is 11.9 Å². The van der Waals surface area contributed by atoms with Crippen LogP contribution in [0.1, 0.15) is 56.4 Å². The van der Waals surface area contributed by atoms with Crippen LogP contribution in [0, 0.1) is 11.3 Å². The SMILES string of the molecule is C[C@H]1C[C@](C)(CN(CCNc2ccccc2)c2ccccc2)C(=O)OC(c2ccccc2)(c2ccccc2)[C@@H]2OC(C)(C)O[C@H]2C(c2ccccc2)(c2ccccc2)OC1=O. The number of hydrogen-bond donors (Lipinski definition) is 1. The van der Waals surface area contributed by atoms with Crippen LogP contribution in [0.3, 0.4) is 0 Å². The van der Waals surface area contributed by atoms with E-state index >= 15 is 9.59 Å². The predicted molar refractivity (Wildman–Crippen MR) is 239 cm³/mol. The summed E-state index contributed by atoms with van der Waals surface area (Å²) in [6.45, 7) is 8.85. The zero-order chi connectivity index (χ0) is 42.5. The minimum absolute atomic E-state index is 0.127. The zero-order valence-corrected chi connectivity index (χ0v) is 35.3. The van der Waals surface area contributed by atoms with E-state index in [2.05, 4.69) is 10.2 Å². The first-order chi connectivity index (χ1) is 29.5. The first kappa shape index (κ1) is 41.5. The number of cyclic esters (lactones) is 2. The van der Waals surface area contributed by atoms with Gasteiger partial charge in [-0.15, -0.1) is 0 Å². The van der Waals surface area contributed by atoms with Gasteiger partial charge in [-0.25, -0.2) is 0 Å². The number of nitrogens with one attached hydrogen (secondary N) is 1. The molecule has 2 aliphatic heterocycles. The van der Waals surface area contributed by atoms with Crippen molar-refractivity contribution >= 4 is 23.3 Å². The van der Waals surface area contributed by atoms with Crippen LogP contribution in [0.2, 0.25) is 0 Å². The fraction of sp³-hybridized carbons (Fsp3) is 0.283. The highest BCUT2D eigenvalue weighted by Gasteiger charge is 2.66. The monoisotopic (exact) mass is 814 g/mol. The molecule has 0 bridgehead atoms. The Morgan fingerprint density at radius 1 is 0.557 bits per heavy atom. The van der Waals surface area contributed by atoms with E-state index in [1.165, 1.54) is 0 Å². The molecular weight excluding hydrogens is 761 g/mol. The molecule has 2 saturated heterocycles. The molecule has 0 unspecified atom stereocenters. The number of fused-ring (bicyclic) bond motifs is 1. The minimum Gasteiger partial charge on any atom is -0.446 e. The lowest BCUT2D eigenvalue weighted by Gasteiger charge is -2.46. The lowest BCUT2D eigenvalue weighted by Crippen LogP contribution is -2.58. The number of esters is 2. The van der Waals surface area contributed by atoms with E-state index in [-0.39, 0.29) is 13.0 Å². The number of nitrogens with zero attached hydrogens (tertiary/aromatic N) is 1. The van der Waals surface area contributed by atoms with Crippen molar-refractivity contribution < 1.29 is 28.5 Å². The van der Waals surface area contributed by atoms with Gasteiger partial charge in [0.05, 0.1) is 11.3 Å². The van der Waals surface area contributed by atoms with E-state index in [0.717, 1.165) is 11.4 Å². The number of hydrogen-bond acceptors (Lipinski definition) is 8. The van der Waals surface area contributed by atoms with Crippen molar-refractivity contribution in [1.29, 1.82) is 0 Å². The summed E-state index contributed by atoms with van der Waals surface area (Å²) in [6.07, 6.45) is -1.96. The Morgan fingerprint density at radius 2 is 0.951 bits per heavy atom. The molecule has 8 rings (SSSR count). The second-order valence-corrected chi connectivity index (χ2v) is 16.9. The molecule has 61 heavy (non-hydrogen) atoms. The van der Waals surface area contributed by atoms with Crippen molar-refractivity contribution in [3.63, 3.8) is 0 Å². The lowest BCUT2D eigenvalue weighted by atomic mass is 9.71. The average Bonchev–Trinajstić information content (AvgIpc) is 3.63. The molecular formula is C53H54N2O6. The molecule has 0 saturated carbocycles. The third kappa shape index (κ3) is 8.30. The number of carbonyl (C=O) groups is 2. The van der Waals surface area contributed by atoms with E-state index in [0.29, 0.717) is 35.3 Å². The number of ether oxygens (including phenoxy) is 4. The molecule has 0 radical (unpaired) electrons. The molecule has 0 spiro atoms. The van der Waals surface area contributed by atoms with E-state index in [4.69, 9.17) is 18.9 Å². The average molecular weight is 815 g/mol. The largest absolute Gasteiger partial charge is 0.446 e. The summed E-state index contributed by atoms with van der Waals surface area (Å²) < 4.78 is 28.8. The molecule has 312 valence electrons. The van der Waals surface area contributed by atoms with Crippen LogP contribution >= 0.6 is 0 Å². The van der Waals surface area contributed by atoms with Gasteiger partial charge in [0, 0.05) is 53.3 Å². The van der Waals surface area contributed by atoms with E-state index in [1.807, 2.05) is 210 Å². The zero-order valence-electron chi connectivity index (χ0n) is 35.3.